The Hall–Kier alpha value is -5.29. The average molecular weight is 619 g/mol. The van der Waals surface area contributed by atoms with Gasteiger partial charge in [0, 0.05) is 55.9 Å². The van der Waals surface area contributed by atoms with Gasteiger partial charge in [0.25, 0.3) is 5.91 Å². The van der Waals surface area contributed by atoms with Crippen LogP contribution in [-0.2, 0) is 12.8 Å². The van der Waals surface area contributed by atoms with Crippen LogP contribution in [0.5, 0.6) is 11.6 Å². The van der Waals surface area contributed by atoms with Crippen molar-refractivity contribution >= 4 is 28.9 Å². The third-order valence-corrected chi connectivity index (χ3v) is 8.02. The smallest absolute Gasteiger partial charge is 0.262 e. The van der Waals surface area contributed by atoms with Crippen LogP contribution >= 0.6 is 0 Å². The molecule has 2 N–H and O–H groups in total. The lowest BCUT2D eigenvalue weighted by atomic mass is 10.1. The molecule has 0 spiro atoms. The number of amides is 1. The van der Waals surface area contributed by atoms with E-state index in [1.54, 1.807) is 6.92 Å². The van der Waals surface area contributed by atoms with Gasteiger partial charge in [-0.2, -0.15) is 9.97 Å². The SMILES string of the molecule is Cc1noc(CCc2cccc(Oc3nc(Nc4ccc(N5CCN(C)CC5)cc4)ncc3C(=O)Nc3c(C)cccc3C)c2)n1. The first kappa shape index (κ1) is 30.7. The van der Waals surface area contributed by atoms with Crippen molar-refractivity contribution in [1.29, 1.82) is 0 Å². The summed E-state index contributed by atoms with van der Waals surface area (Å²) in [6.45, 7) is 9.79. The maximum atomic E-state index is 13.6. The number of hydrogen-bond donors (Lipinski definition) is 2. The lowest BCUT2D eigenvalue weighted by Crippen LogP contribution is -2.44. The predicted molar refractivity (Wildman–Crippen MR) is 178 cm³/mol. The number of aryl methyl sites for hydroxylation is 5. The van der Waals surface area contributed by atoms with Gasteiger partial charge in [0.2, 0.25) is 17.7 Å². The Morgan fingerprint density at radius 3 is 2.37 bits per heavy atom. The number of nitrogens with one attached hydrogen (secondary N) is 2. The van der Waals surface area contributed by atoms with Crippen LogP contribution in [-0.4, -0.2) is 64.1 Å². The number of rotatable bonds is 10. The molecule has 1 fully saturated rings. The number of para-hydroxylation sites is 1. The summed E-state index contributed by atoms with van der Waals surface area (Å²) in [6.07, 6.45) is 2.77. The van der Waals surface area contributed by atoms with Crippen LogP contribution in [0.25, 0.3) is 0 Å². The van der Waals surface area contributed by atoms with E-state index in [0.29, 0.717) is 36.3 Å². The lowest BCUT2D eigenvalue weighted by Gasteiger charge is -2.34. The van der Waals surface area contributed by atoms with Gasteiger partial charge < -0.3 is 29.7 Å². The van der Waals surface area contributed by atoms with Crippen molar-refractivity contribution in [2.45, 2.75) is 33.6 Å². The number of anilines is 4. The van der Waals surface area contributed by atoms with E-state index in [0.717, 1.165) is 54.2 Å². The molecule has 11 heteroatoms. The molecule has 0 bridgehead atoms. The number of likely N-dealkylation sites (N-methyl/N-ethyl adjacent to an activating group) is 1. The molecular formula is C35H38N8O3. The average Bonchev–Trinajstić information content (AvgIpc) is 3.48. The first-order chi connectivity index (χ1) is 22.3. The van der Waals surface area contributed by atoms with Crippen molar-refractivity contribution in [3.05, 3.63) is 107 Å². The number of carbonyl (C=O) groups excluding carboxylic acids is 1. The van der Waals surface area contributed by atoms with E-state index >= 15 is 0 Å². The first-order valence-corrected chi connectivity index (χ1v) is 15.4. The van der Waals surface area contributed by atoms with Crippen molar-refractivity contribution in [2.24, 2.45) is 0 Å². The maximum absolute atomic E-state index is 13.6. The van der Waals surface area contributed by atoms with Crippen LogP contribution in [0.15, 0.2) is 77.4 Å². The molecule has 11 nitrogen and oxygen atoms in total. The molecule has 1 saturated heterocycles. The zero-order valence-electron chi connectivity index (χ0n) is 26.6. The summed E-state index contributed by atoms with van der Waals surface area (Å²) in [7, 11) is 2.15. The number of nitrogens with zero attached hydrogens (tertiary/aromatic N) is 6. The second-order valence-electron chi connectivity index (χ2n) is 11.6. The van der Waals surface area contributed by atoms with Gasteiger partial charge in [-0.25, -0.2) is 4.98 Å². The van der Waals surface area contributed by atoms with Crippen molar-refractivity contribution < 1.29 is 14.1 Å². The van der Waals surface area contributed by atoms with Gasteiger partial charge in [-0.15, -0.1) is 0 Å². The van der Waals surface area contributed by atoms with Crippen LogP contribution in [0.3, 0.4) is 0 Å². The highest BCUT2D eigenvalue weighted by atomic mass is 16.5. The zero-order chi connectivity index (χ0) is 32.0. The number of aromatic nitrogens is 4. The van der Waals surface area contributed by atoms with Crippen molar-refractivity contribution in [3.8, 4) is 11.6 Å². The van der Waals surface area contributed by atoms with Crippen LogP contribution in [0, 0.1) is 20.8 Å². The Kier molecular flexibility index (Phi) is 9.20. The third kappa shape index (κ3) is 7.49. The summed E-state index contributed by atoms with van der Waals surface area (Å²) in [5.41, 5.74) is 5.90. The largest absolute Gasteiger partial charge is 0.438 e. The van der Waals surface area contributed by atoms with E-state index in [9.17, 15) is 4.79 Å². The Morgan fingerprint density at radius 2 is 1.65 bits per heavy atom. The zero-order valence-corrected chi connectivity index (χ0v) is 26.6. The molecule has 0 unspecified atom stereocenters. The summed E-state index contributed by atoms with van der Waals surface area (Å²) < 4.78 is 11.6. The van der Waals surface area contributed by atoms with E-state index in [1.165, 1.54) is 11.9 Å². The van der Waals surface area contributed by atoms with Gasteiger partial charge >= 0.3 is 0 Å². The second-order valence-corrected chi connectivity index (χ2v) is 11.6. The fraction of sp³-hybridized carbons (Fsp3) is 0.286. The minimum Gasteiger partial charge on any atom is -0.438 e. The minimum absolute atomic E-state index is 0.139. The first-order valence-electron chi connectivity index (χ1n) is 15.4. The van der Waals surface area contributed by atoms with E-state index in [4.69, 9.17) is 9.26 Å². The molecule has 0 atom stereocenters. The Balaban J connectivity index is 1.24. The van der Waals surface area contributed by atoms with E-state index < -0.39 is 0 Å². The number of hydrogen-bond acceptors (Lipinski definition) is 10. The molecule has 5 aromatic rings. The third-order valence-electron chi connectivity index (χ3n) is 8.02. The normalized spacial score (nSPS) is 13.4. The number of carbonyl (C=O) groups is 1. The molecule has 6 rings (SSSR count). The molecule has 2 aromatic heterocycles. The molecule has 0 radical (unpaired) electrons. The molecule has 3 heterocycles. The topological polar surface area (TPSA) is 122 Å². The highest BCUT2D eigenvalue weighted by Crippen LogP contribution is 2.29. The van der Waals surface area contributed by atoms with Gasteiger partial charge in [0.05, 0.1) is 0 Å². The molecule has 236 valence electrons. The van der Waals surface area contributed by atoms with Gasteiger partial charge in [-0.1, -0.05) is 35.5 Å². The van der Waals surface area contributed by atoms with E-state index in [1.807, 2.05) is 68.4 Å². The summed E-state index contributed by atoms with van der Waals surface area (Å²) in [5, 5.41) is 10.2. The van der Waals surface area contributed by atoms with Crippen LogP contribution in [0.4, 0.5) is 23.0 Å². The molecular weight excluding hydrogens is 580 g/mol. The van der Waals surface area contributed by atoms with Gasteiger partial charge in [0.15, 0.2) is 5.82 Å². The Labute approximate surface area is 268 Å². The second kappa shape index (κ2) is 13.8. The fourth-order valence-corrected chi connectivity index (χ4v) is 5.37. The van der Waals surface area contributed by atoms with Crippen molar-refractivity contribution in [2.75, 3.05) is 48.8 Å². The summed E-state index contributed by atoms with van der Waals surface area (Å²) in [5.74, 6) is 1.82. The van der Waals surface area contributed by atoms with Crippen LogP contribution in [0.1, 0.15) is 38.8 Å². The summed E-state index contributed by atoms with van der Waals surface area (Å²) in [4.78, 5) is 31.8. The van der Waals surface area contributed by atoms with Gasteiger partial charge in [-0.05, 0) is 87.3 Å². The quantitative estimate of drug-likeness (QED) is 0.190. The van der Waals surface area contributed by atoms with Crippen LogP contribution < -0.4 is 20.3 Å². The lowest BCUT2D eigenvalue weighted by molar-refractivity contribution is 0.102. The number of ether oxygens (including phenoxy) is 1. The van der Waals surface area contributed by atoms with Crippen LogP contribution in [0.2, 0.25) is 0 Å². The molecule has 46 heavy (non-hydrogen) atoms. The minimum atomic E-state index is -0.363. The molecule has 3 aromatic carbocycles. The highest BCUT2D eigenvalue weighted by Gasteiger charge is 2.20. The standard InChI is InChI=1S/C35H38N8O3/c1-23-7-5-8-24(2)32(23)39-33(44)30-22-36-35(38-27-12-14-28(15-13-27)43-19-17-42(4)18-20-43)40-34(30)45-29-10-6-9-26(21-29)11-16-31-37-25(3)41-46-31/h5-10,12-15,21-22H,11,16-20H2,1-4H3,(H,39,44)(H,36,38,40). The van der Waals surface area contributed by atoms with Gasteiger partial charge in [0.1, 0.15) is 11.3 Å². The monoisotopic (exact) mass is 618 g/mol. The molecule has 1 aliphatic rings. The fourth-order valence-electron chi connectivity index (χ4n) is 5.37. The van der Waals surface area contributed by atoms with E-state index in [-0.39, 0.29) is 17.4 Å². The predicted octanol–water partition coefficient (Wildman–Crippen LogP) is 6.11. The summed E-state index contributed by atoms with van der Waals surface area (Å²) >= 11 is 0. The Morgan fingerprint density at radius 1 is 0.913 bits per heavy atom. The molecule has 1 amide bonds. The maximum Gasteiger partial charge on any atom is 0.262 e. The molecule has 1 aliphatic heterocycles. The summed E-state index contributed by atoms with van der Waals surface area (Å²) in [6, 6.07) is 21.7. The number of benzene rings is 3. The van der Waals surface area contributed by atoms with Crippen molar-refractivity contribution in [3.63, 3.8) is 0 Å². The van der Waals surface area contributed by atoms with Gasteiger partial charge in [-0.3, -0.25) is 4.79 Å². The molecule has 0 saturated carbocycles. The highest BCUT2D eigenvalue weighted by molar-refractivity contribution is 6.06. The van der Waals surface area contributed by atoms with Crippen molar-refractivity contribution in [1.82, 2.24) is 25.0 Å². The number of piperazine rings is 1. The Bertz CT molecular complexity index is 1790. The van der Waals surface area contributed by atoms with E-state index in [2.05, 4.69) is 59.7 Å². The molecule has 0 aliphatic carbocycles.